The van der Waals surface area contributed by atoms with Crippen molar-refractivity contribution < 1.29 is 32.2 Å². The Labute approximate surface area is 187 Å². The third kappa shape index (κ3) is 5.56. The number of rotatable bonds is 8. The first-order valence-electron chi connectivity index (χ1n) is 9.56. The molecular weight excluding hydrogens is 451 g/mol. The maximum atomic E-state index is 13.2. The Balaban J connectivity index is 1.69. The molecule has 2 aromatic rings. The lowest BCUT2D eigenvalue weighted by molar-refractivity contribution is -0.141. The number of methoxy groups -OCH3 is 2. The Kier molecular flexibility index (Phi) is 7.34. The number of hydrogen-bond donors (Lipinski definition) is 1. The van der Waals surface area contributed by atoms with Gasteiger partial charge in [-0.05, 0) is 36.6 Å². The summed E-state index contributed by atoms with van der Waals surface area (Å²) in [5.74, 6) is 0.308. The van der Waals surface area contributed by atoms with Gasteiger partial charge in [-0.15, -0.1) is 0 Å². The molecule has 0 saturated heterocycles. The number of nitrogens with one attached hydrogen (secondary N) is 1. The van der Waals surface area contributed by atoms with Gasteiger partial charge in [0, 0.05) is 12.6 Å². The molecule has 0 radical (unpaired) electrons. The minimum atomic E-state index is -4.67. The number of carbonyl (C=O) groups is 1. The van der Waals surface area contributed by atoms with Crippen LogP contribution in [0, 0.1) is 0 Å². The zero-order valence-corrected chi connectivity index (χ0v) is 18.1. The molecule has 1 N–H and O–H groups in total. The standard InChI is InChI=1S/C21H21ClF3N3O4/c1-30-16-8-7-13(9-17(16)31-2)11-26-19(29)12-32-20-10-18(21(23,24)25)27-28(20)15-6-4-3-5-14(15)22/h3,5,7-10H,4,6,11-12H2,1-2H3,(H,26,29). The van der Waals surface area contributed by atoms with E-state index in [1.54, 1.807) is 24.3 Å². The van der Waals surface area contributed by atoms with Gasteiger partial charge in [0.1, 0.15) is 0 Å². The highest BCUT2D eigenvalue weighted by Gasteiger charge is 2.36. The van der Waals surface area contributed by atoms with E-state index >= 15 is 0 Å². The van der Waals surface area contributed by atoms with Gasteiger partial charge in [-0.3, -0.25) is 4.79 Å². The number of nitrogens with zero attached hydrogens (tertiary/aromatic N) is 2. The molecule has 1 amide bonds. The normalized spacial score (nSPS) is 13.8. The lowest BCUT2D eigenvalue weighted by atomic mass is 10.1. The second-order valence-corrected chi connectivity index (χ2v) is 7.17. The van der Waals surface area contributed by atoms with E-state index in [4.69, 9.17) is 25.8 Å². The van der Waals surface area contributed by atoms with Gasteiger partial charge >= 0.3 is 6.18 Å². The van der Waals surface area contributed by atoms with Gasteiger partial charge in [0.2, 0.25) is 5.88 Å². The van der Waals surface area contributed by atoms with Gasteiger partial charge in [0.25, 0.3) is 5.91 Å². The van der Waals surface area contributed by atoms with E-state index in [1.165, 1.54) is 14.2 Å². The molecule has 7 nitrogen and oxygen atoms in total. The van der Waals surface area contributed by atoms with E-state index in [1.807, 2.05) is 6.08 Å². The van der Waals surface area contributed by atoms with E-state index in [9.17, 15) is 18.0 Å². The Morgan fingerprint density at radius 2 is 1.97 bits per heavy atom. The number of allylic oxidation sites excluding steroid dienone is 4. The lowest BCUT2D eigenvalue weighted by Gasteiger charge is -2.15. The summed E-state index contributed by atoms with van der Waals surface area (Å²) in [5, 5.41) is 6.50. The van der Waals surface area contributed by atoms with E-state index in [2.05, 4.69) is 10.4 Å². The van der Waals surface area contributed by atoms with E-state index in [0.29, 0.717) is 30.0 Å². The van der Waals surface area contributed by atoms with Gasteiger partial charge in [-0.25, -0.2) is 4.68 Å². The summed E-state index contributed by atoms with van der Waals surface area (Å²) in [6, 6.07) is 5.90. The Hall–Kier alpha value is -3.14. The summed E-state index contributed by atoms with van der Waals surface area (Å²) >= 11 is 6.14. The largest absolute Gasteiger partial charge is 0.493 e. The quantitative estimate of drug-likeness (QED) is 0.618. The fraction of sp³-hybridized carbons (Fsp3) is 0.333. The zero-order valence-electron chi connectivity index (χ0n) is 17.3. The van der Waals surface area contributed by atoms with Crippen molar-refractivity contribution in [3.8, 4) is 17.4 Å². The molecule has 0 fully saturated rings. The Morgan fingerprint density at radius 1 is 1.22 bits per heavy atom. The number of benzene rings is 1. The van der Waals surface area contributed by atoms with Crippen LogP contribution in [0.25, 0.3) is 5.70 Å². The summed E-state index contributed by atoms with van der Waals surface area (Å²) in [6.45, 7) is -0.339. The summed E-state index contributed by atoms with van der Waals surface area (Å²) in [7, 11) is 3.01. The maximum Gasteiger partial charge on any atom is 0.435 e. The minimum Gasteiger partial charge on any atom is -0.493 e. The van der Waals surface area contributed by atoms with Crippen LogP contribution in [0.4, 0.5) is 13.2 Å². The molecule has 0 atom stereocenters. The third-order valence-electron chi connectivity index (χ3n) is 4.60. The Morgan fingerprint density at radius 3 is 2.62 bits per heavy atom. The highest BCUT2D eigenvalue weighted by Crippen LogP contribution is 2.35. The summed E-state index contributed by atoms with van der Waals surface area (Å²) in [6.07, 6.45) is -0.290. The van der Waals surface area contributed by atoms with Crippen molar-refractivity contribution in [2.45, 2.75) is 25.6 Å². The van der Waals surface area contributed by atoms with Crippen LogP contribution in [-0.2, 0) is 17.5 Å². The van der Waals surface area contributed by atoms with E-state index in [-0.39, 0.29) is 17.5 Å². The number of hydrogen-bond acceptors (Lipinski definition) is 5. The number of amides is 1. The summed E-state index contributed by atoms with van der Waals surface area (Å²) in [5.41, 5.74) is -0.0264. The molecule has 3 rings (SSSR count). The van der Waals surface area contributed by atoms with Crippen LogP contribution >= 0.6 is 11.6 Å². The van der Waals surface area contributed by atoms with Crippen molar-refractivity contribution in [3.63, 3.8) is 0 Å². The van der Waals surface area contributed by atoms with Crippen LogP contribution in [0.2, 0.25) is 0 Å². The zero-order chi connectivity index (χ0) is 23.3. The second-order valence-electron chi connectivity index (χ2n) is 6.77. The number of halogens is 4. The molecule has 32 heavy (non-hydrogen) atoms. The molecular formula is C21H21ClF3N3O4. The van der Waals surface area contributed by atoms with Gasteiger partial charge in [0.15, 0.2) is 23.8 Å². The van der Waals surface area contributed by atoms with Crippen molar-refractivity contribution in [2.24, 2.45) is 0 Å². The SMILES string of the molecule is COc1ccc(CNC(=O)COc2cc(C(F)(F)F)nn2C2=C(Cl)C=CCC2)cc1OC. The van der Waals surface area contributed by atoms with Gasteiger partial charge in [-0.1, -0.05) is 23.7 Å². The monoisotopic (exact) mass is 471 g/mol. The van der Waals surface area contributed by atoms with Crippen LogP contribution in [-0.4, -0.2) is 36.5 Å². The molecule has 1 aromatic carbocycles. The first-order valence-corrected chi connectivity index (χ1v) is 9.94. The van der Waals surface area contributed by atoms with E-state index in [0.717, 1.165) is 16.3 Å². The maximum absolute atomic E-state index is 13.2. The van der Waals surface area contributed by atoms with Crippen molar-refractivity contribution in [2.75, 3.05) is 20.8 Å². The number of carbonyl (C=O) groups excluding carboxylic acids is 1. The van der Waals surface area contributed by atoms with Gasteiger partial charge in [-0.2, -0.15) is 18.3 Å². The lowest BCUT2D eigenvalue weighted by Crippen LogP contribution is -2.28. The molecule has 11 heteroatoms. The van der Waals surface area contributed by atoms with Crippen molar-refractivity contribution in [1.82, 2.24) is 15.1 Å². The van der Waals surface area contributed by atoms with Gasteiger partial charge < -0.3 is 19.5 Å². The predicted octanol–water partition coefficient (Wildman–Crippen LogP) is 4.37. The van der Waals surface area contributed by atoms with Crippen LogP contribution < -0.4 is 19.5 Å². The van der Waals surface area contributed by atoms with Crippen molar-refractivity contribution in [1.29, 1.82) is 0 Å². The summed E-state index contributed by atoms with van der Waals surface area (Å²) < 4.78 is 56.3. The third-order valence-corrected chi connectivity index (χ3v) is 4.94. The fourth-order valence-electron chi connectivity index (χ4n) is 3.01. The molecule has 0 saturated carbocycles. The first kappa shape index (κ1) is 23.5. The molecule has 1 aromatic heterocycles. The van der Waals surface area contributed by atoms with Crippen molar-refractivity contribution in [3.05, 3.63) is 52.7 Å². The first-order chi connectivity index (χ1) is 15.2. The Bertz CT molecular complexity index is 1050. The van der Waals surface area contributed by atoms with Crippen LogP contribution in [0.5, 0.6) is 17.4 Å². The van der Waals surface area contributed by atoms with Crippen LogP contribution in [0.1, 0.15) is 24.1 Å². The highest BCUT2D eigenvalue weighted by atomic mass is 35.5. The topological polar surface area (TPSA) is 74.6 Å². The molecule has 0 aliphatic heterocycles. The van der Waals surface area contributed by atoms with Crippen LogP contribution in [0.15, 0.2) is 41.4 Å². The van der Waals surface area contributed by atoms with Gasteiger partial charge in [0.05, 0.1) is 24.9 Å². The average molecular weight is 472 g/mol. The highest BCUT2D eigenvalue weighted by molar-refractivity contribution is 6.33. The molecule has 0 bridgehead atoms. The number of alkyl halides is 3. The molecule has 172 valence electrons. The molecule has 0 unspecified atom stereocenters. The predicted molar refractivity (Wildman–Crippen MR) is 112 cm³/mol. The smallest absolute Gasteiger partial charge is 0.435 e. The molecule has 1 aliphatic carbocycles. The average Bonchev–Trinajstić information content (AvgIpc) is 3.21. The van der Waals surface area contributed by atoms with Crippen LogP contribution in [0.3, 0.4) is 0 Å². The fourth-order valence-corrected chi connectivity index (χ4v) is 3.27. The minimum absolute atomic E-state index is 0.164. The molecule has 0 spiro atoms. The molecule has 1 heterocycles. The number of ether oxygens (including phenoxy) is 3. The molecule has 1 aliphatic rings. The summed E-state index contributed by atoms with van der Waals surface area (Å²) in [4.78, 5) is 12.2. The van der Waals surface area contributed by atoms with Crippen molar-refractivity contribution >= 4 is 23.2 Å². The van der Waals surface area contributed by atoms with E-state index < -0.39 is 24.4 Å². The second kappa shape index (κ2) is 9.99. The number of aromatic nitrogens is 2.